The number of nitrogens with zero attached hydrogens (tertiary/aromatic N) is 3. The molecular formula is C12H10ClN5. The molecule has 3 aromatic rings. The minimum Gasteiger partial charge on any atom is -0.384 e. The highest BCUT2D eigenvalue weighted by Gasteiger charge is 2.08. The van der Waals surface area contributed by atoms with E-state index in [2.05, 4.69) is 10.1 Å². The Morgan fingerprint density at radius 2 is 1.78 bits per heavy atom. The third kappa shape index (κ3) is 1.74. The van der Waals surface area contributed by atoms with Crippen LogP contribution in [0.1, 0.15) is 0 Å². The maximum Gasteiger partial charge on any atom is 0.160 e. The summed E-state index contributed by atoms with van der Waals surface area (Å²) in [5, 5.41) is 5.07. The van der Waals surface area contributed by atoms with Crippen molar-refractivity contribution in [2.75, 3.05) is 11.5 Å². The lowest BCUT2D eigenvalue weighted by atomic mass is 10.2. The van der Waals surface area contributed by atoms with Crippen molar-refractivity contribution in [3.8, 4) is 11.3 Å². The van der Waals surface area contributed by atoms with E-state index in [1.54, 1.807) is 10.6 Å². The Balaban J connectivity index is 2.19. The van der Waals surface area contributed by atoms with Crippen LogP contribution in [0.2, 0.25) is 5.02 Å². The number of anilines is 2. The van der Waals surface area contributed by atoms with E-state index in [0.29, 0.717) is 22.3 Å². The van der Waals surface area contributed by atoms with Crippen molar-refractivity contribution in [1.82, 2.24) is 14.6 Å². The molecule has 0 radical (unpaired) electrons. The SMILES string of the molecule is Nc1cc(N)n2nc(-c3ccc(Cl)cc3)cc2n1. The molecule has 0 aliphatic rings. The maximum absolute atomic E-state index is 5.85. The first-order valence-corrected chi connectivity index (χ1v) is 5.69. The lowest BCUT2D eigenvalue weighted by Crippen LogP contribution is -2.02. The van der Waals surface area contributed by atoms with Gasteiger partial charge in [-0.15, -0.1) is 0 Å². The Hall–Kier alpha value is -2.27. The number of halogens is 1. The topological polar surface area (TPSA) is 82.2 Å². The molecule has 90 valence electrons. The van der Waals surface area contributed by atoms with Crippen LogP contribution in [0.25, 0.3) is 16.9 Å². The summed E-state index contributed by atoms with van der Waals surface area (Å²) in [6, 6.07) is 10.8. The predicted molar refractivity (Wildman–Crippen MR) is 72.3 cm³/mol. The van der Waals surface area contributed by atoms with Crippen LogP contribution in [0.3, 0.4) is 0 Å². The quantitative estimate of drug-likeness (QED) is 0.702. The Morgan fingerprint density at radius 1 is 1.06 bits per heavy atom. The number of hydrogen-bond donors (Lipinski definition) is 2. The third-order valence-electron chi connectivity index (χ3n) is 2.61. The lowest BCUT2D eigenvalue weighted by Gasteiger charge is -1.99. The van der Waals surface area contributed by atoms with Crippen molar-refractivity contribution in [1.29, 1.82) is 0 Å². The fourth-order valence-electron chi connectivity index (χ4n) is 1.78. The molecule has 2 heterocycles. The van der Waals surface area contributed by atoms with Crippen LogP contribution < -0.4 is 11.5 Å². The summed E-state index contributed by atoms with van der Waals surface area (Å²) in [5.41, 5.74) is 13.8. The number of aromatic nitrogens is 3. The minimum atomic E-state index is 0.377. The third-order valence-corrected chi connectivity index (χ3v) is 2.87. The van der Waals surface area contributed by atoms with Gasteiger partial charge in [-0.05, 0) is 12.1 Å². The molecule has 0 aliphatic carbocycles. The maximum atomic E-state index is 5.85. The molecule has 5 nitrogen and oxygen atoms in total. The second kappa shape index (κ2) is 3.89. The van der Waals surface area contributed by atoms with Gasteiger partial charge in [-0.25, -0.2) is 4.98 Å². The van der Waals surface area contributed by atoms with Crippen LogP contribution in [-0.2, 0) is 0 Å². The first-order valence-electron chi connectivity index (χ1n) is 5.31. The summed E-state index contributed by atoms with van der Waals surface area (Å²) in [7, 11) is 0. The fraction of sp³-hybridized carbons (Fsp3) is 0. The second-order valence-corrected chi connectivity index (χ2v) is 4.35. The number of nitrogens with two attached hydrogens (primary N) is 2. The van der Waals surface area contributed by atoms with Gasteiger partial charge in [0.15, 0.2) is 5.65 Å². The van der Waals surface area contributed by atoms with E-state index in [-0.39, 0.29) is 0 Å². The van der Waals surface area contributed by atoms with Crippen LogP contribution in [0.15, 0.2) is 36.4 Å². The van der Waals surface area contributed by atoms with Crippen molar-refractivity contribution >= 4 is 28.9 Å². The van der Waals surface area contributed by atoms with Gasteiger partial charge >= 0.3 is 0 Å². The molecule has 1 aromatic carbocycles. The summed E-state index contributed by atoms with van der Waals surface area (Å²) in [6.07, 6.45) is 0. The van der Waals surface area contributed by atoms with Gasteiger partial charge < -0.3 is 11.5 Å². The fourth-order valence-corrected chi connectivity index (χ4v) is 1.91. The monoisotopic (exact) mass is 259 g/mol. The molecule has 0 saturated heterocycles. The van der Waals surface area contributed by atoms with Gasteiger partial charge in [0.2, 0.25) is 0 Å². The number of rotatable bonds is 1. The Bertz CT molecular complexity index is 717. The number of benzene rings is 1. The molecule has 6 heteroatoms. The van der Waals surface area contributed by atoms with Gasteiger partial charge in [-0.1, -0.05) is 23.7 Å². The summed E-state index contributed by atoms with van der Waals surface area (Å²) in [5.74, 6) is 0.834. The molecule has 0 bridgehead atoms. The smallest absolute Gasteiger partial charge is 0.160 e. The van der Waals surface area contributed by atoms with Gasteiger partial charge in [-0.3, -0.25) is 0 Å². The highest BCUT2D eigenvalue weighted by atomic mass is 35.5. The van der Waals surface area contributed by atoms with Gasteiger partial charge in [0.25, 0.3) is 0 Å². The van der Waals surface area contributed by atoms with Crippen molar-refractivity contribution in [2.45, 2.75) is 0 Å². The van der Waals surface area contributed by atoms with Gasteiger partial charge in [0.05, 0.1) is 5.69 Å². The van der Waals surface area contributed by atoms with Gasteiger partial charge in [0, 0.05) is 22.7 Å². The average molecular weight is 260 g/mol. The van der Waals surface area contributed by atoms with Crippen LogP contribution in [0, 0.1) is 0 Å². The van der Waals surface area contributed by atoms with Crippen molar-refractivity contribution in [2.24, 2.45) is 0 Å². The van der Waals surface area contributed by atoms with Crippen molar-refractivity contribution < 1.29 is 0 Å². The van der Waals surface area contributed by atoms with E-state index in [9.17, 15) is 0 Å². The molecular weight excluding hydrogens is 250 g/mol. The summed E-state index contributed by atoms with van der Waals surface area (Å²) in [6.45, 7) is 0. The van der Waals surface area contributed by atoms with Crippen molar-refractivity contribution in [3.63, 3.8) is 0 Å². The van der Waals surface area contributed by atoms with Crippen LogP contribution in [-0.4, -0.2) is 14.6 Å². The standard InChI is InChI=1S/C12H10ClN5/c13-8-3-1-7(2-4-8)9-5-12-16-10(14)6-11(15)18(12)17-9/h1-6H,15H2,(H2,14,16). The summed E-state index contributed by atoms with van der Waals surface area (Å²) in [4.78, 5) is 4.17. The molecule has 0 aliphatic heterocycles. The van der Waals surface area contributed by atoms with Crippen molar-refractivity contribution in [3.05, 3.63) is 41.4 Å². The normalized spacial score (nSPS) is 10.9. The number of fused-ring (bicyclic) bond motifs is 1. The van der Waals surface area contributed by atoms with Crippen LogP contribution in [0.5, 0.6) is 0 Å². The van der Waals surface area contributed by atoms with Crippen LogP contribution in [0.4, 0.5) is 11.6 Å². The zero-order valence-corrected chi connectivity index (χ0v) is 10.1. The van der Waals surface area contributed by atoms with Crippen LogP contribution >= 0.6 is 11.6 Å². The van der Waals surface area contributed by atoms with E-state index < -0.39 is 0 Å². The largest absolute Gasteiger partial charge is 0.384 e. The number of nitrogen functional groups attached to an aromatic ring is 2. The molecule has 0 atom stereocenters. The average Bonchev–Trinajstić information content (AvgIpc) is 2.74. The molecule has 0 amide bonds. The Kier molecular flexibility index (Phi) is 2.34. The highest BCUT2D eigenvalue weighted by Crippen LogP contribution is 2.22. The molecule has 0 spiro atoms. The lowest BCUT2D eigenvalue weighted by molar-refractivity contribution is 0.958. The molecule has 18 heavy (non-hydrogen) atoms. The van der Waals surface area contributed by atoms with Gasteiger partial charge in [0.1, 0.15) is 11.6 Å². The highest BCUT2D eigenvalue weighted by molar-refractivity contribution is 6.30. The zero-order valence-electron chi connectivity index (χ0n) is 9.34. The van der Waals surface area contributed by atoms with E-state index in [0.717, 1.165) is 11.3 Å². The zero-order chi connectivity index (χ0) is 12.7. The molecule has 3 rings (SSSR count). The van der Waals surface area contributed by atoms with E-state index in [4.69, 9.17) is 23.1 Å². The molecule has 0 fully saturated rings. The van der Waals surface area contributed by atoms with E-state index in [1.165, 1.54) is 0 Å². The Labute approximate surface area is 108 Å². The summed E-state index contributed by atoms with van der Waals surface area (Å²) < 4.78 is 1.56. The molecule has 0 unspecified atom stereocenters. The van der Waals surface area contributed by atoms with Gasteiger partial charge in [-0.2, -0.15) is 9.61 Å². The number of hydrogen-bond acceptors (Lipinski definition) is 4. The molecule has 2 aromatic heterocycles. The summed E-state index contributed by atoms with van der Waals surface area (Å²) >= 11 is 5.85. The molecule has 4 N–H and O–H groups in total. The predicted octanol–water partition coefficient (Wildman–Crippen LogP) is 2.21. The van der Waals surface area contributed by atoms with E-state index in [1.807, 2.05) is 30.3 Å². The Morgan fingerprint density at radius 3 is 2.50 bits per heavy atom. The first-order chi connectivity index (χ1) is 8.63. The minimum absolute atomic E-state index is 0.377. The van der Waals surface area contributed by atoms with E-state index >= 15 is 0 Å². The molecule has 0 saturated carbocycles. The second-order valence-electron chi connectivity index (χ2n) is 3.91. The first kappa shape index (κ1) is 10.9.